The SMILES string of the molecule is CCCNC(=O)CNc1nc(N)ns1. The van der Waals surface area contributed by atoms with Gasteiger partial charge < -0.3 is 16.4 Å². The van der Waals surface area contributed by atoms with Gasteiger partial charge in [-0.3, -0.25) is 4.79 Å². The summed E-state index contributed by atoms with van der Waals surface area (Å²) in [6.07, 6.45) is 0.928. The lowest BCUT2D eigenvalue weighted by atomic mass is 10.4. The van der Waals surface area contributed by atoms with Gasteiger partial charge in [0, 0.05) is 18.1 Å². The molecule has 14 heavy (non-hydrogen) atoms. The van der Waals surface area contributed by atoms with Crippen LogP contribution >= 0.6 is 11.5 Å². The van der Waals surface area contributed by atoms with Gasteiger partial charge in [0.05, 0.1) is 6.54 Å². The third-order valence-corrected chi connectivity index (χ3v) is 2.10. The largest absolute Gasteiger partial charge is 0.367 e. The van der Waals surface area contributed by atoms with Crippen molar-refractivity contribution < 1.29 is 4.79 Å². The lowest BCUT2D eigenvalue weighted by molar-refractivity contribution is -0.119. The molecule has 0 spiro atoms. The molecule has 0 fully saturated rings. The van der Waals surface area contributed by atoms with Crippen LogP contribution in [0.3, 0.4) is 0 Å². The summed E-state index contributed by atoms with van der Waals surface area (Å²) in [6, 6.07) is 0. The third kappa shape index (κ3) is 3.56. The molecule has 0 aromatic carbocycles. The molecule has 1 aromatic rings. The van der Waals surface area contributed by atoms with Gasteiger partial charge in [-0.2, -0.15) is 9.36 Å². The highest BCUT2D eigenvalue weighted by Gasteiger charge is 2.02. The second-order valence-electron chi connectivity index (χ2n) is 2.66. The number of anilines is 2. The van der Waals surface area contributed by atoms with Gasteiger partial charge in [-0.15, -0.1) is 0 Å². The minimum absolute atomic E-state index is 0.0550. The van der Waals surface area contributed by atoms with Gasteiger partial charge in [0.2, 0.25) is 17.0 Å². The Morgan fingerprint density at radius 1 is 1.64 bits per heavy atom. The van der Waals surface area contributed by atoms with E-state index in [1.807, 2.05) is 6.92 Å². The highest BCUT2D eigenvalue weighted by Crippen LogP contribution is 2.10. The first kappa shape index (κ1) is 10.7. The van der Waals surface area contributed by atoms with Crippen molar-refractivity contribution in [3.05, 3.63) is 0 Å². The van der Waals surface area contributed by atoms with Crippen molar-refractivity contribution in [2.75, 3.05) is 24.1 Å². The molecule has 0 atom stereocenters. The molecule has 7 heteroatoms. The van der Waals surface area contributed by atoms with Crippen LogP contribution in [0.15, 0.2) is 0 Å². The zero-order chi connectivity index (χ0) is 10.4. The van der Waals surface area contributed by atoms with E-state index < -0.39 is 0 Å². The van der Waals surface area contributed by atoms with Crippen LogP contribution in [-0.2, 0) is 4.79 Å². The Morgan fingerprint density at radius 3 is 3.00 bits per heavy atom. The number of nitrogen functional groups attached to an aromatic ring is 1. The standard InChI is InChI=1S/C7H13N5OS/c1-2-3-9-5(13)4-10-7-11-6(8)12-14-7/h2-4H2,1H3,(H,9,13)(H3,8,10,11,12). The van der Waals surface area contributed by atoms with E-state index >= 15 is 0 Å². The average Bonchev–Trinajstić information content (AvgIpc) is 2.58. The molecule has 0 aliphatic heterocycles. The molecule has 6 nitrogen and oxygen atoms in total. The molecule has 0 bridgehead atoms. The van der Waals surface area contributed by atoms with Gasteiger partial charge >= 0.3 is 0 Å². The van der Waals surface area contributed by atoms with Crippen LogP contribution in [-0.4, -0.2) is 28.4 Å². The van der Waals surface area contributed by atoms with Crippen LogP contribution < -0.4 is 16.4 Å². The first-order valence-corrected chi connectivity index (χ1v) is 5.09. The fraction of sp³-hybridized carbons (Fsp3) is 0.571. The van der Waals surface area contributed by atoms with Crippen LogP contribution in [0.1, 0.15) is 13.3 Å². The van der Waals surface area contributed by atoms with E-state index in [-0.39, 0.29) is 18.4 Å². The lowest BCUT2D eigenvalue weighted by Gasteiger charge is -2.02. The highest BCUT2D eigenvalue weighted by atomic mass is 32.1. The molecule has 1 rings (SSSR count). The summed E-state index contributed by atoms with van der Waals surface area (Å²) >= 11 is 1.14. The molecule has 0 saturated heterocycles. The molecule has 0 aliphatic carbocycles. The first-order valence-electron chi connectivity index (χ1n) is 4.32. The number of nitrogens with zero attached hydrogens (tertiary/aromatic N) is 2. The molecule has 4 N–H and O–H groups in total. The van der Waals surface area contributed by atoms with E-state index in [9.17, 15) is 4.79 Å². The number of hydrogen-bond donors (Lipinski definition) is 3. The maximum Gasteiger partial charge on any atom is 0.239 e. The second-order valence-corrected chi connectivity index (χ2v) is 3.41. The Morgan fingerprint density at radius 2 is 2.43 bits per heavy atom. The summed E-state index contributed by atoms with van der Waals surface area (Å²) < 4.78 is 3.77. The summed E-state index contributed by atoms with van der Waals surface area (Å²) in [5.74, 6) is 0.173. The molecular weight excluding hydrogens is 202 g/mol. The van der Waals surface area contributed by atoms with E-state index in [0.717, 1.165) is 18.0 Å². The molecule has 0 radical (unpaired) electrons. The van der Waals surface area contributed by atoms with Crippen LogP contribution in [0.5, 0.6) is 0 Å². The Hall–Kier alpha value is -1.37. The normalized spacial score (nSPS) is 9.79. The van der Waals surface area contributed by atoms with Gasteiger partial charge in [-0.25, -0.2) is 0 Å². The van der Waals surface area contributed by atoms with Gasteiger partial charge in [0.15, 0.2) is 0 Å². The molecule has 1 aromatic heterocycles. The number of nitrogens with two attached hydrogens (primary N) is 1. The van der Waals surface area contributed by atoms with Gasteiger partial charge in [0.25, 0.3) is 0 Å². The van der Waals surface area contributed by atoms with E-state index in [1.165, 1.54) is 0 Å². The zero-order valence-electron chi connectivity index (χ0n) is 7.91. The van der Waals surface area contributed by atoms with Crippen LogP contribution in [0.25, 0.3) is 0 Å². The summed E-state index contributed by atoms with van der Waals surface area (Å²) in [4.78, 5) is 15.0. The molecule has 0 aliphatic rings. The van der Waals surface area contributed by atoms with Crippen molar-refractivity contribution in [2.24, 2.45) is 0 Å². The predicted octanol–water partition coefficient (Wildman–Crippen LogP) is 0.0584. The fourth-order valence-electron chi connectivity index (χ4n) is 0.789. The quantitative estimate of drug-likeness (QED) is 0.645. The molecule has 1 heterocycles. The summed E-state index contributed by atoms with van der Waals surface area (Å²) in [5, 5.41) is 6.12. The van der Waals surface area contributed by atoms with Crippen molar-refractivity contribution in [3.63, 3.8) is 0 Å². The minimum atomic E-state index is -0.0550. The minimum Gasteiger partial charge on any atom is -0.367 e. The number of carbonyl (C=O) groups is 1. The van der Waals surface area contributed by atoms with Crippen molar-refractivity contribution >= 4 is 28.5 Å². The van der Waals surface area contributed by atoms with E-state index in [2.05, 4.69) is 20.0 Å². The zero-order valence-corrected chi connectivity index (χ0v) is 8.73. The maximum absolute atomic E-state index is 11.1. The Balaban J connectivity index is 2.23. The van der Waals surface area contributed by atoms with Gasteiger partial charge in [-0.05, 0) is 6.42 Å². The number of hydrogen-bond acceptors (Lipinski definition) is 6. The summed E-state index contributed by atoms with van der Waals surface area (Å²) in [5.41, 5.74) is 5.31. The molecule has 1 amide bonds. The van der Waals surface area contributed by atoms with Crippen LogP contribution in [0, 0.1) is 0 Å². The van der Waals surface area contributed by atoms with Gasteiger partial charge in [-0.1, -0.05) is 6.92 Å². The number of amides is 1. The smallest absolute Gasteiger partial charge is 0.239 e. The Labute approximate surface area is 86.1 Å². The second kappa shape index (κ2) is 5.38. The van der Waals surface area contributed by atoms with Crippen molar-refractivity contribution in [3.8, 4) is 0 Å². The Bertz CT molecular complexity index is 300. The van der Waals surface area contributed by atoms with E-state index in [4.69, 9.17) is 5.73 Å². The van der Waals surface area contributed by atoms with Crippen molar-refractivity contribution in [1.82, 2.24) is 14.7 Å². The third-order valence-electron chi connectivity index (χ3n) is 1.41. The molecule has 78 valence electrons. The number of carbonyl (C=O) groups excluding carboxylic acids is 1. The van der Waals surface area contributed by atoms with Crippen molar-refractivity contribution in [2.45, 2.75) is 13.3 Å². The lowest BCUT2D eigenvalue weighted by Crippen LogP contribution is -2.30. The number of nitrogens with one attached hydrogen (secondary N) is 2. The van der Waals surface area contributed by atoms with Crippen LogP contribution in [0.4, 0.5) is 11.1 Å². The topological polar surface area (TPSA) is 92.9 Å². The van der Waals surface area contributed by atoms with Gasteiger partial charge in [0.1, 0.15) is 0 Å². The van der Waals surface area contributed by atoms with E-state index in [1.54, 1.807) is 0 Å². The van der Waals surface area contributed by atoms with E-state index in [0.29, 0.717) is 11.7 Å². The number of rotatable bonds is 5. The van der Waals surface area contributed by atoms with Crippen molar-refractivity contribution in [1.29, 1.82) is 0 Å². The molecule has 0 saturated carbocycles. The summed E-state index contributed by atoms with van der Waals surface area (Å²) in [7, 11) is 0. The summed E-state index contributed by atoms with van der Waals surface area (Å²) in [6.45, 7) is 2.90. The average molecular weight is 215 g/mol. The monoisotopic (exact) mass is 215 g/mol. The highest BCUT2D eigenvalue weighted by molar-refractivity contribution is 7.09. The number of aromatic nitrogens is 2. The molecule has 0 unspecified atom stereocenters. The van der Waals surface area contributed by atoms with Crippen LogP contribution in [0.2, 0.25) is 0 Å². The Kier molecular flexibility index (Phi) is 4.11. The molecular formula is C7H13N5OS. The fourth-order valence-corrected chi connectivity index (χ4v) is 1.28. The maximum atomic E-state index is 11.1. The predicted molar refractivity (Wildman–Crippen MR) is 56.1 cm³/mol. The first-order chi connectivity index (χ1) is 6.72.